The number of aromatic hydroxyl groups is 1. The number of aryl methyl sites for hydroxylation is 1. The second-order valence-corrected chi connectivity index (χ2v) is 22.3. The number of thiazole rings is 1. The first kappa shape index (κ1) is 58.2. The number of para-hydroxylation sites is 1. The van der Waals surface area contributed by atoms with Crippen LogP contribution in [-0.2, 0) is 33.4 Å². The molecule has 8 rings (SSSR count). The fourth-order valence-electron chi connectivity index (χ4n) is 10.1. The number of ether oxygens (including phenoxy) is 4. The predicted octanol–water partition coefficient (Wildman–Crippen LogP) is 5.76. The molecule has 2 aromatic heterocycles. The lowest BCUT2D eigenvalue weighted by Gasteiger charge is -2.37. The number of aliphatic hydroxyl groups excluding tert-OH is 1. The van der Waals surface area contributed by atoms with Gasteiger partial charge in [-0.3, -0.25) is 19.2 Å². The lowest BCUT2D eigenvalue weighted by atomic mass is 9.85. The number of aliphatic hydroxyl groups is 1. The number of phenolic OH excluding ortho intramolecular Hbond substituents is 1. The SMILES string of the molecule is Cc1ncsc1-c1ccc([C@H](C)NC(=O)[C@@H]2C[C@@H](O)CN2C(=O)[C@@H](NC(=O)CCOCCOCCOCCC(=O)N2CCN(c3ccc(N4CCCC(Oc5cc(-c6ccccc6O)nnc5N)C4)cc3)CC2)C(C)(C)C)cc1. The number of amides is 4. The topological polar surface area (TPSA) is 247 Å². The number of β-amino-alcohol motifs (C(OH)–C–C–N with tert-alkyl or cyclic N) is 1. The van der Waals surface area contributed by atoms with Crippen LogP contribution in [0.5, 0.6) is 11.5 Å². The number of likely N-dealkylation sites (tertiary alicyclic amines) is 1. The molecule has 0 aliphatic carbocycles. The summed E-state index contributed by atoms with van der Waals surface area (Å²) in [4.78, 5) is 67.2. The smallest absolute Gasteiger partial charge is 0.246 e. The first-order valence-corrected chi connectivity index (χ1v) is 28.2. The van der Waals surface area contributed by atoms with Crippen molar-refractivity contribution in [3.05, 3.63) is 95.6 Å². The quantitative estimate of drug-likeness (QED) is 0.0488. The van der Waals surface area contributed by atoms with Crippen LogP contribution >= 0.6 is 11.3 Å². The molecule has 3 aliphatic heterocycles. The van der Waals surface area contributed by atoms with Crippen molar-refractivity contribution in [3.63, 3.8) is 0 Å². The maximum absolute atomic E-state index is 14.1. The number of hydrogen-bond donors (Lipinski definition) is 5. The third-order valence-electron chi connectivity index (χ3n) is 14.6. The number of piperazine rings is 1. The van der Waals surface area contributed by atoms with E-state index in [1.807, 2.05) is 75.4 Å². The molecule has 3 saturated heterocycles. The van der Waals surface area contributed by atoms with Gasteiger partial charge in [0.2, 0.25) is 23.6 Å². The molecule has 0 saturated carbocycles. The lowest BCUT2D eigenvalue weighted by Crippen LogP contribution is -2.58. The van der Waals surface area contributed by atoms with Gasteiger partial charge >= 0.3 is 0 Å². The van der Waals surface area contributed by atoms with Gasteiger partial charge in [0.25, 0.3) is 0 Å². The number of nitrogens with one attached hydrogen (secondary N) is 2. The van der Waals surface area contributed by atoms with Crippen LogP contribution in [0.4, 0.5) is 17.2 Å². The molecule has 0 bridgehead atoms. The largest absolute Gasteiger partial charge is 0.507 e. The Kier molecular flexibility index (Phi) is 20.1. The molecule has 79 heavy (non-hydrogen) atoms. The molecular formula is C58H76N10O10S. The van der Waals surface area contributed by atoms with E-state index in [1.165, 1.54) is 4.90 Å². The second-order valence-electron chi connectivity index (χ2n) is 21.4. The Labute approximate surface area is 466 Å². The first-order valence-electron chi connectivity index (χ1n) is 27.3. The standard InChI is InChI=1S/C58H76N10O10S/c1-38(40-12-14-41(15-13-40)53-39(2)60-37-79-53)61-56(73)48-33-44(69)35-68(48)57(74)54(58(3,4)5)62-51(71)20-27-75-29-31-77-32-30-76-28-21-52(72)66-25-23-65(24-26-66)42-16-18-43(19-17-42)67-22-8-9-45(36-67)78-50-34-47(63-64-55(50)59)46-10-6-7-11-49(46)70/h6-7,10-19,34,37-38,44-45,48,54,69-70H,8-9,20-33,35-36H2,1-5H3,(H2,59,64)(H,61,73)(H,62,71)/t38-,44+,45?,48-,54+/m0/s1. The van der Waals surface area contributed by atoms with Crippen LogP contribution in [0.2, 0.25) is 0 Å². The molecule has 20 nitrogen and oxygen atoms in total. The zero-order valence-corrected chi connectivity index (χ0v) is 46.8. The van der Waals surface area contributed by atoms with Crippen molar-refractivity contribution in [3.8, 4) is 33.2 Å². The van der Waals surface area contributed by atoms with E-state index in [0.717, 1.165) is 65.5 Å². The molecule has 4 amide bonds. The van der Waals surface area contributed by atoms with Crippen molar-refractivity contribution in [1.29, 1.82) is 0 Å². The molecule has 6 N–H and O–H groups in total. The predicted molar refractivity (Wildman–Crippen MR) is 303 cm³/mol. The second kappa shape index (κ2) is 27.3. The number of hydrogen-bond acceptors (Lipinski definition) is 17. The van der Waals surface area contributed by atoms with Crippen LogP contribution < -0.4 is 30.9 Å². The molecule has 0 radical (unpaired) electrons. The number of nitrogen functional groups attached to an aromatic ring is 1. The Bertz CT molecular complexity index is 2820. The van der Waals surface area contributed by atoms with E-state index in [4.69, 9.17) is 24.7 Å². The molecule has 5 heterocycles. The summed E-state index contributed by atoms with van der Waals surface area (Å²) in [6.07, 6.45) is 1.23. The van der Waals surface area contributed by atoms with E-state index in [0.29, 0.717) is 49.9 Å². The highest BCUT2D eigenvalue weighted by molar-refractivity contribution is 7.13. The molecule has 1 unspecified atom stereocenters. The highest BCUT2D eigenvalue weighted by Crippen LogP contribution is 2.34. The van der Waals surface area contributed by atoms with Gasteiger partial charge in [0.15, 0.2) is 11.6 Å². The van der Waals surface area contributed by atoms with Crippen molar-refractivity contribution in [2.75, 3.05) is 101 Å². The average Bonchev–Trinajstić information content (AvgIpc) is 4.13. The van der Waals surface area contributed by atoms with Gasteiger partial charge < -0.3 is 65.1 Å². The van der Waals surface area contributed by atoms with Crippen LogP contribution in [0.1, 0.15) is 77.1 Å². The Balaban J connectivity index is 0.667. The molecule has 21 heteroatoms. The number of nitrogens with two attached hydrogens (primary N) is 1. The van der Waals surface area contributed by atoms with Crippen LogP contribution in [-0.4, -0.2) is 169 Å². The molecule has 3 aromatic carbocycles. The Morgan fingerprint density at radius 2 is 1.47 bits per heavy atom. The maximum Gasteiger partial charge on any atom is 0.246 e. The van der Waals surface area contributed by atoms with E-state index in [-0.39, 0.29) is 93.7 Å². The van der Waals surface area contributed by atoms with Gasteiger partial charge in [-0.15, -0.1) is 21.5 Å². The first-order chi connectivity index (χ1) is 38.0. The fraction of sp³-hybridized carbons (Fsp3) is 0.500. The van der Waals surface area contributed by atoms with Crippen LogP contribution in [0.15, 0.2) is 84.4 Å². The van der Waals surface area contributed by atoms with Crippen molar-refractivity contribution in [2.24, 2.45) is 5.41 Å². The minimum absolute atomic E-state index is 0.0115. The Morgan fingerprint density at radius 3 is 2.13 bits per heavy atom. The summed E-state index contributed by atoms with van der Waals surface area (Å²) in [6.45, 7) is 15.2. The number of aromatic nitrogens is 3. The third kappa shape index (κ3) is 15.7. The number of carbonyl (C=O) groups is 4. The minimum Gasteiger partial charge on any atom is -0.507 e. The molecule has 5 aromatic rings. The van der Waals surface area contributed by atoms with Gasteiger partial charge in [-0.05, 0) is 79.6 Å². The summed E-state index contributed by atoms with van der Waals surface area (Å²) in [6, 6.07) is 23.0. The number of benzene rings is 3. The summed E-state index contributed by atoms with van der Waals surface area (Å²) < 4.78 is 23.4. The number of piperidine rings is 1. The van der Waals surface area contributed by atoms with Crippen molar-refractivity contribution in [1.82, 2.24) is 35.6 Å². The van der Waals surface area contributed by atoms with Gasteiger partial charge in [-0.2, -0.15) is 0 Å². The summed E-state index contributed by atoms with van der Waals surface area (Å²) in [5.74, 6) is -0.360. The summed E-state index contributed by atoms with van der Waals surface area (Å²) >= 11 is 1.57. The monoisotopic (exact) mass is 1100 g/mol. The van der Waals surface area contributed by atoms with Gasteiger partial charge in [0.1, 0.15) is 29.6 Å². The van der Waals surface area contributed by atoms with E-state index >= 15 is 0 Å². The van der Waals surface area contributed by atoms with Crippen molar-refractivity contribution >= 4 is 52.2 Å². The third-order valence-corrected chi connectivity index (χ3v) is 15.6. The Hall–Kier alpha value is -6.91. The lowest BCUT2D eigenvalue weighted by molar-refractivity contribution is -0.144. The number of rotatable bonds is 23. The molecule has 424 valence electrons. The number of anilines is 3. The average molecular weight is 1110 g/mol. The molecule has 5 atom stereocenters. The number of nitrogens with zero attached hydrogens (tertiary/aromatic N) is 7. The molecule has 3 aliphatic rings. The van der Waals surface area contributed by atoms with Crippen LogP contribution in [0, 0.1) is 12.3 Å². The Morgan fingerprint density at radius 1 is 0.810 bits per heavy atom. The normalized spacial score (nSPS) is 18.5. The summed E-state index contributed by atoms with van der Waals surface area (Å²) in [7, 11) is 0. The molecule has 0 spiro atoms. The van der Waals surface area contributed by atoms with E-state index in [1.54, 1.807) is 35.6 Å². The minimum atomic E-state index is -0.947. The molecule has 3 fully saturated rings. The highest BCUT2D eigenvalue weighted by atomic mass is 32.1. The molecular weight excluding hydrogens is 1030 g/mol. The van der Waals surface area contributed by atoms with Crippen molar-refractivity contribution in [2.45, 2.75) is 97.1 Å². The van der Waals surface area contributed by atoms with Gasteiger partial charge in [-0.1, -0.05) is 57.2 Å². The highest BCUT2D eigenvalue weighted by Gasteiger charge is 2.45. The van der Waals surface area contributed by atoms with Gasteiger partial charge in [0, 0.05) is 75.1 Å². The zero-order valence-electron chi connectivity index (χ0n) is 46.0. The van der Waals surface area contributed by atoms with Gasteiger partial charge in [0.05, 0.1) is 80.8 Å². The van der Waals surface area contributed by atoms with E-state index < -0.39 is 29.5 Å². The summed E-state index contributed by atoms with van der Waals surface area (Å²) in [5, 5.41) is 35.1. The number of phenols is 1. The van der Waals surface area contributed by atoms with Gasteiger partial charge in [-0.25, -0.2) is 4.98 Å². The number of carbonyl (C=O) groups excluding carboxylic acids is 4. The summed E-state index contributed by atoms with van der Waals surface area (Å²) in [5.41, 5.74) is 13.4. The van der Waals surface area contributed by atoms with Crippen LogP contribution in [0.3, 0.4) is 0 Å². The zero-order chi connectivity index (χ0) is 56.1. The fourth-order valence-corrected chi connectivity index (χ4v) is 10.9. The van der Waals surface area contributed by atoms with E-state index in [9.17, 15) is 29.4 Å². The van der Waals surface area contributed by atoms with Crippen LogP contribution in [0.25, 0.3) is 21.7 Å². The van der Waals surface area contributed by atoms with Crippen molar-refractivity contribution < 1.29 is 48.3 Å². The van der Waals surface area contributed by atoms with E-state index in [2.05, 4.69) is 59.9 Å². The maximum atomic E-state index is 14.1.